The summed E-state index contributed by atoms with van der Waals surface area (Å²) in [6.07, 6.45) is -0.579. The Bertz CT molecular complexity index is 806. The lowest BCUT2D eigenvalue weighted by Crippen LogP contribution is -2.21. The molecule has 0 aliphatic carbocycles. The fourth-order valence-electron chi connectivity index (χ4n) is 2.67. The SMILES string of the molecule is O[C@H](CNCc1ccccc1OCc1ccccc1)c1ccc(Cl)cc1. The van der Waals surface area contributed by atoms with Gasteiger partial charge in [-0.2, -0.15) is 0 Å². The van der Waals surface area contributed by atoms with Crippen molar-refractivity contribution in [2.45, 2.75) is 19.3 Å². The van der Waals surface area contributed by atoms with Crippen molar-refractivity contribution in [3.05, 3.63) is 101 Å². The topological polar surface area (TPSA) is 41.5 Å². The van der Waals surface area contributed by atoms with Gasteiger partial charge in [-0.3, -0.25) is 0 Å². The Balaban J connectivity index is 1.54. The minimum Gasteiger partial charge on any atom is -0.489 e. The lowest BCUT2D eigenvalue weighted by Gasteiger charge is -2.15. The van der Waals surface area contributed by atoms with Crippen molar-refractivity contribution >= 4 is 11.6 Å². The van der Waals surface area contributed by atoms with Crippen molar-refractivity contribution in [2.24, 2.45) is 0 Å². The number of ether oxygens (including phenoxy) is 1. The van der Waals surface area contributed by atoms with Gasteiger partial charge in [-0.25, -0.2) is 0 Å². The van der Waals surface area contributed by atoms with Gasteiger partial charge in [0.25, 0.3) is 0 Å². The maximum Gasteiger partial charge on any atom is 0.124 e. The van der Waals surface area contributed by atoms with E-state index in [2.05, 4.69) is 5.32 Å². The first-order valence-corrected chi connectivity index (χ1v) is 8.99. The van der Waals surface area contributed by atoms with E-state index in [1.54, 1.807) is 12.1 Å². The summed E-state index contributed by atoms with van der Waals surface area (Å²) in [5, 5.41) is 14.2. The molecule has 3 nitrogen and oxygen atoms in total. The molecule has 0 fully saturated rings. The molecule has 0 aliphatic rings. The number of aliphatic hydroxyl groups is 1. The molecule has 0 heterocycles. The number of hydrogen-bond acceptors (Lipinski definition) is 3. The second-order valence-corrected chi connectivity index (χ2v) is 6.52. The van der Waals surface area contributed by atoms with Gasteiger partial charge in [-0.05, 0) is 29.3 Å². The Hall–Kier alpha value is -2.33. The monoisotopic (exact) mass is 367 g/mol. The van der Waals surface area contributed by atoms with Crippen LogP contribution in [0.15, 0.2) is 78.9 Å². The van der Waals surface area contributed by atoms with Crippen molar-refractivity contribution in [3.63, 3.8) is 0 Å². The average Bonchev–Trinajstić information content (AvgIpc) is 2.68. The summed E-state index contributed by atoms with van der Waals surface area (Å²) in [4.78, 5) is 0. The second kappa shape index (κ2) is 9.39. The first kappa shape index (κ1) is 18.5. The van der Waals surface area contributed by atoms with E-state index in [1.165, 1.54) is 0 Å². The number of benzene rings is 3. The fourth-order valence-corrected chi connectivity index (χ4v) is 2.80. The number of hydrogen-bond donors (Lipinski definition) is 2. The minimum absolute atomic E-state index is 0.453. The van der Waals surface area contributed by atoms with Crippen LogP contribution in [0.3, 0.4) is 0 Å². The summed E-state index contributed by atoms with van der Waals surface area (Å²) < 4.78 is 5.96. The fraction of sp³-hybridized carbons (Fsp3) is 0.182. The van der Waals surface area contributed by atoms with Crippen LogP contribution in [0.5, 0.6) is 5.75 Å². The lowest BCUT2D eigenvalue weighted by atomic mass is 10.1. The van der Waals surface area contributed by atoms with Crippen molar-refractivity contribution in [2.75, 3.05) is 6.54 Å². The second-order valence-electron chi connectivity index (χ2n) is 6.08. The molecule has 0 unspecified atom stereocenters. The van der Waals surface area contributed by atoms with Gasteiger partial charge in [0.15, 0.2) is 0 Å². The molecule has 0 saturated heterocycles. The maximum atomic E-state index is 10.3. The number of halogens is 1. The van der Waals surface area contributed by atoms with Gasteiger partial charge in [0.05, 0.1) is 6.10 Å². The number of rotatable bonds is 8. The summed E-state index contributed by atoms with van der Waals surface area (Å²) in [6, 6.07) is 25.3. The van der Waals surface area contributed by atoms with Crippen LogP contribution in [0.4, 0.5) is 0 Å². The van der Waals surface area contributed by atoms with E-state index in [-0.39, 0.29) is 0 Å². The summed E-state index contributed by atoms with van der Waals surface area (Å²) in [6.45, 7) is 1.61. The zero-order valence-corrected chi connectivity index (χ0v) is 15.2. The highest BCUT2D eigenvalue weighted by atomic mass is 35.5. The standard InChI is InChI=1S/C22H22ClNO2/c23-20-12-10-18(11-13-20)21(25)15-24-14-19-8-4-5-9-22(19)26-16-17-6-2-1-3-7-17/h1-13,21,24-25H,14-16H2/t21-/m1/s1. The zero-order chi connectivity index (χ0) is 18.2. The molecule has 134 valence electrons. The van der Waals surface area contributed by atoms with Crippen LogP contribution in [-0.2, 0) is 13.2 Å². The van der Waals surface area contributed by atoms with Gasteiger partial charge in [0.2, 0.25) is 0 Å². The minimum atomic E-state index is -0.579. The van der Waals surface area contributed by atoms with Crippen molar-refractivity contribution in [1.82, 2.24) is 5.32 Å². The molecule has 3 rings (SSSR count). The van der Waals surface area contributed by atoms with Crippen LogP contribution in [-0.4, -0.2) is 11.7 Å². The molecule has 2 N–H and O–H groups in total. The van der Waals surface area contributed by atoms with E-state index in [0.29, 0.717) is 24.7 Å². The third-order valence-electron chi connectivity index (χ3n) is 4.12. The number of nitrogens with one attached hydrogen (secondary N) is 1. The number of para-hydroxylation sites is 1. The summed E-state index contributed by atoms with van der Waals surface area (Å²) in [7, 11) is 0. The van der Waals surface area contributed by atoms with E-state index in [9.17, 15) is 5.11 Å². The van der Waals surface area contributed by atoms with E-state index < -0.39 is 6.10 Å². The molecule has 0 spiro atoms. The molecular weight excluding hydrogens is 346 g/mol. The first-order valence-electron chi connectivity index (χ1n) is 8.61. The predicted octanol–water partition coefficient (Wildman–Crippen LogP) is 4.74. The average molecular weight is 368 g/mol. The van der Waals surface area contributed by atoms with Gasteiger partial charge < -0.3 is 15.2 Å². The third kappa shape index (κ3) is 5.33. The Morgan fingerprint density at radius 2 is 1.58 bits per heavy atom. The van der Waals surface area contributed by atoms with Crippen molar-refractivity contribution < 1.29 is 9.84 Å². The summed E-state index contributed by atoms with van der Waals surface area (Å²) in [5.74, 6) is 0.852. The van der Waals surface area contributed by atoms with Crippen LogP contribution >= 0.6 is 11.6 Å². The predicted molar refractivity (Wildman–Crippen MR) is 105 cm³/mol. The van der Waals surface area contributed by atoms with E-state index in [1.807, 2.05) is 66.7 Å². The van der Waals surface area contributed by atoms with Gasteiger partial charge in [-0.15, -0.1) is 0 Å². The quantitative estimate of drug-likeness (QED) is 0.604. The highest BCUT2D eigenvalue weighted by molar-refractivity contribution is 6.30. The lowest BCUT2D eigenvalue weighted by molar-refractivity contribution is 0.174. The molecule has 1 atom stereocenters. The molecule has 0 bridgehead atoms. The maximum absolute atomic E-state index is 10.3. The molecule has 0 aromatic heterocycles. The van der Waals surface area contributed by atoms with Crippen LogP contribution in [0.25, 0.3) is 0 Å². The van der Waals surface area contributed by atoms with Crippen LogP contribution in [0.2, 0.25) is 5.02 Å². The summed E-state index contributed by atoms with van der Waals surface area (Å²) >= 11 is 5.88. The number of aliphatic hydroxyl groups excluding tert-OH is 1. The molecule has 26 heavy (non-hydrogen) atoms. The Morgan fingerprint density at radius 3 is 2.35 bits per heavy atom. The van der Waals surface area contributed by atoms with Crippen molar-refractivity contribution in [3.8, 4) is 5.75 Å². The van der Waals surface area contributed by atoms with E-state index in [4.69, 9.17) is 16.3 Å². The zero-order valence-electron chi connectivity index (χ0n) is 14.4. The molecule has 0 aliphatic heterocycles. The molecule has 0 saturated carbocycles. The molecule has 0 radical (unpaired) electrons. The highest BCUT2D eigenvalue weighted by Gasteiger charge is 2.08. The van der Waals surface area contributed by atoms with Gasteiger partial charge in [-0.1, -0.05) is 72.3 Å². The molecule has 4 heteroatoms. The van der Waals surface area contributed by atoms with Crippen LogP contribution < -0.4 is 10.1 Å². The Labute approximate surface area is 159 Å². The van der Waals surface area contributed by atoms with E-state index >= 15 is 0 Å². The summed E-state index contributed by atoms with van der Waals surface area (Å²) in [5.41, 5.74) is 3.04. The van der Waals surface area contributed by atoms with E-state index in [0.717, 1.165) is 22.4 Å². The van der Waals surface area contributed by atoms with Crippen LogP contribution in [0.1, 0.15) is 22.8 Å². The Morgan fingerprint density at radius 1 is 0.885 bits per heavy atom. The Kier molecular flexibility index (Phi) is 6.67. The highest BCUT2D eigenvalue weighted by Crippen LogP contribution is 2.20. The van der Waals surface area contributed by atoms with Crippen LogP contribution in [0, 0.1) is 0 Å². The third-order valence-corrected chi connectivity index (χ3v) is 4.37. The van der Waals surface area contributed by atoms with Gasteiger partial charge in [0.1, 0.15) is 12.4 Å². The molecule has 3 aromatic rings. The van der Waals surface area contributed by atoms with Gasteiger partial charge in [0, 0.05) is 23.7 Å². The molecule has 3 aromatic carbocycles. The smallest absolute Gasteiger partial charge is 0.124 e. The van der Waals surface area contributed by atoms with Gasteiger partial charge >= 0.3 is 0 Å². The largest absolute Gasteiger partial charge is 0.489 e. The molecular formula is C22H22ClNO2. The van der Waals surface area contributed by atoms with Crippen molar-refractivity contribution in [1.29, 1.82) is 0 Å². The molecule has 0 amide bonds. The first-order chi connectivity index (χ1) is 12.7. The normalized spacial score (nSPS) is 11.9.